The van der Waals surface area contributed by atoms with Crippen molar-refractivity contribution >= 4 is 29.2 Å². The Labute approximate surface area is 206 Å². The summed E-state index contributed by atoms with van der Waals surface area (Å²) in [7, 11) is 0. The van der Waals surface area contributed by atoms with Crippen molar-refractivity contribution in [3.8, 4) is 0 Å². The number of hydrogen-bond acceptors (Lipinski definition) is 8. The molecule has 0 aliphatic carbocycles. The summed E-state index contributed by atoms with van der Waals surface area (Å²) in [6.45, 7) is 10.8. The highest BCUT2D eigenvalue weighted by molar-refractivity contribution is 7.09. The maximum atomic E-state index is 13.2. The number of rotatable bonds is 2. The minimum Gasteiger partial charge on any atom is -0.458 e. The predicted molar refractivity (Wildman–Crippen MR) is 131 cm³/mol. The van der Waals surface area contributed by atoms with Gasteiger partial charge < -0.3 is 19.7 Å². The largest absolute Gasteiger partial charge is 0.458 e. The minimum absolute atomic E-state index is 0.00770. The van der Waals surface area contributed by atoms with Crippen molar-refractivity contribution in [1.82, 2.24) is 4.98 Å². The van der Waals surface area contributed by atoms with Gasteiger partial charge in [0.1, 0.15) is 11.9 Å². The quantitative estimate of drug-likeness (QED) is 0.472. The van der Waals surface area contributed by atoms with E-state index < -0.39 is 35.6 Å². The molecule has 0 radical (unpaired) electrons. The van der Waals surface area contributed by atoms with Crippen LogP contribution in [0.1, 0.15) is 77.4 Å². The highest BCUT2D eigenvalue weighted by atomic mass is 32.1. The van der Waals surface area contributed by atoms with Crippen LogP contribution in [0.5, 0.6) is 0 Å². The van der Waals surface area contributed by atoms with E-state index in [9.17, 15) is 19.8 Å². The van der Waals surface area contributed by atoms with Crippen molar-refractivity contribution in [3.63, 3.8) is 0 Å². The number of fused-ring (bicyclic) bond motifs is 1. The van der Waals surface area contributed by atoms with Gasteiger partial charge in [-0.3, -0.25) is 9.59 Å². The highest BCUT2D eigenvalue weighted by Crippen LogP contribution is 2.36. The molecule has 2 fully saturated rings. The zero-order valence-electron chi connectivity index (χ0n) is 21.1. The van der Waals surface area contributed by atoms with Crippen LogP contribution in [0.2, 0.25) is 0 Å². The maximum absolute atomic E-state index is 13.2. The molecule has 2 aliphatic heterocycles. The second kappa shape index (κ2) is 11.0. The van der Waals surface area contributed by atoms with Gasteiger partial charge in [0.2, 0.25) is 0 Å². The average Bonchev–Trinajstić information content (AvgIpc) is 3.38. The summed E-state index contributed by atoms with van der Waals surface area (Å²) in [6.07, 6.45) is 2.28. The van der Waals surface area contributed by atoms with Gasteiger partial charge in [-0.2, -0.15) is 0 Å². The fourth-order valence-electron chi connectivity index (χ4n) is 4.78. The first-order valence-electron chi connectivity index (χ1n) is 12.3. The lowest BCUT2D eigenvalue weighted by Crippen LogP contribution is -2.45. The monoisotopic (exact) mass is 493 g/mol. The number of nitrogens with zero attached hydrogens (tertiary/aromatic N) is 1. The second-order valence-corrected chi connectivity index (χ2v) is 11.7. The Hall–Kier alpha value is -1.61. The number of ether oxygens (including phenoxy) is 2. The molecule has 3 rings (SSSR count). The molecule has 1 aromatic heterocycles. The number of cyclic esters (lactones) is 1. The van der Waals surface area contributed by atoms with E-state index in [0.717, 1.165) is 35.5 Å². The lowest BCUT2D eigenvalue weighted by molar-refractivity contribution is -0.154. The lowest BCUT2D eigenvalue weighted by atomic mass is 9.73. The van der Waals surface area contributed by atoms with Gasteiger partial charge in [-0.1, -0.05) is 34.1 Å². The normalized spacial score (nSPS) is 36.0. The van der Waals surface area contributed by atoms with Gasteiger partial charge in [0.25, 0.3) is 0 Å². The summed E-state index contributed by atoms with van der Waals surface area (Å²) < 4.78 is 11.7. The van der Waals surface area contributed by atoms with Gasteiger partial charge in [-0.05, 0) is 44.3 Å². The third-order valence-electron chi connectivity index (χ3n) is 7.41. The van der Waals surface area contributed by atoms with Crippen LogP contribution < -0.4 is 0 Å². The number of aliphatic hydroxyl groups is 2. The molecule has 1 aromatic rings. The molecule has 0 bridgehead atoms. The van der Waals surface area contributed by atoms with Crippen LogP contribution in [0.3, 0.4) is 0 Å². The summed E-state index contributed by atoms with van der Waals surface area (Å²) in [5.41, 5.74) is 0.494. The van der Waals surface area contributed by atoms with Crippen molar-refractivity contribution in [3.05, 3.63) is 21.7 Å². The van der Waals surface area contributed by atoms with Gasteiger partial charge in [0.15, 0.2) is 0 Å². The van der Waals surface area contributed by atoms with E-state index in [2.05, 4.69) is 4.98 Å². The first-order valence-corrected chi connectivity index (χ1v) is 13.1. The standard InChI is InChI=1S/C26H39NO6S/c1-14-8-7-9-19-21(32-19)11-20(15(2)10-18-13-34-17(4)27-18)33-23(29)12-22(28)26(5,6)25(31)16(3)24(14)30/h10,13-14,16,19-22,24,28,30H,7-9,11-12H2,1-6H3/t14?,16?,19-,20?,21-,22?,24?/m0/s1. The van der Waals surface area contributed by atoms with Gasteiger partial charge in [-0.25, -0.2) is 4.98 Å². The van der Waals surface area contributed by atoms with Crippen LogP contribution >= 0.6 is 11.3 Å². The molecule has 0 spiro atoms. The number of carbonyl (C=O) groups excluding carboxylic acids is 2. The van der Waals surface area contributed by atoms with Crippen molar-refractivity contribution in [2.45, 2.75) is 104 Å². The summed E-state index contributed by atoms with van der Waals surface area (Å²) in [5, 5.41) is 24.5. The van der Waals surface area contributed by atoms with E-state index in [1.165, 1.54) is 0 Å². The zero-order chi connectivity index (χ0) is 25.2. The molecule has 190 valence electrons. The molecule has 5 unspecified atom stereocenters. The first-order chi connectivity index (χ1) is 15.9. The van der Waals surface area contributed by atoms with Crippen molar-refractivity contribution in [2.24, 2.45) is 17.3 Å². The number of esters is 1. The number of epoxide rings is 1. The van der Waals surface area contributed by atoms with E-state index >= 15 is 0 Å². The third kappa shape index (κ3) is 6.53. The molecule has 7 nitrogen and oxygen atoms in total. The molecule has 8 heteroatoms. The SMILES string of the molecule is CC(=Cc1csc(C)n1)C1C[C@@H]2O[C@H]2CCCC(C)C(O)C(C)C(=O)C(C)(C)C(O)CC(=O)O1. The average molecular weight is 494 g/mol. The van der Waals surface area contributed by atoms with Crippen molar-refractivity contribution in [1.29, 1.82) is 0 Å². The lowest BCUT2D eigenvalue weighted by Gasteiger charge is -2.34. The van der Waals surface area contributed by atoms with E-state index in [1.54, 1.807) is 32.1 Å². The fraction of sp³-hybridized carbons (Fsp3) is 0.731. The van der Waals surface area contributed by atoms with Crippen molar-refractivity contribution < 1.29 is 29.3 Å². The van der Waals surface area contributed by atoms with E-state index in [4.69, 9.17) is 9.47 Å². The molecule has 0 amide bonds. The third-order valence-corrected chi connectivity index (χ3v) is 8.20. The molecular weight excluding hydrogens is 454 g/mol. The number of aryl methyl sites for hydroxylation is 1. The number of ketones is 1. The smallest absolute Gasteiger partial charge is 0.309 e. The molecule has 2 N–H and O–H groups in total. The molecular formula is C26H39NO6S. The predicted octanol–water partition coefficient (Wildman–Crippen LogP) is 4.09. The Morgan fingerprint density at radius 1 is 1.21 bits per heavy atom. The molecule has 7 atom stereocenters. The van der Waals surface area contributed by atoms with E-state index in [0.29, 0.717) is 6.42 Å². The Kier molecular flexibility index (Phi) is 8.71. The Morgan fingerprint density at radius 2 is 1.91 bits per heavy atom. The summed E-state index contributed by atoms with van der Waals surface area (Å²) in [6, 6.07) is 0. The zero-order valence-corrected chi connectivity index (χ0v) is 21.9. The van der Waals surface area contributed by atoms with Crippen LogP contribution in [0, 0.1) is 24.2 Å². The van der Waals surface area contributed by atoms with Gasteiger partial charge in [0.05, 0.1) is 47.0 Å². The Morgan fingerprint density at radius 3 is 2.56 bits per heavy atom. The molecule has 0 aromatic carbocycles. The fourth-order valence-corrected chi connectivity index (χ4v) is 5.35. The number of aliphatic hydroxyl groups excluding tert-OH is 2. The number of Topliss-reactive ketones (excluding diaryl/α,β-unsaturated/α-hetero) is 1. The molecule has 2 aliphatic rings. The van der Waals surface area contributed by atoms with E-state index in [-0.39, 0.29) is 30.3 Å². The molecule has 0 saturated carbocycles. The summed E-state index contributed by atoms with van der Waals surface area (Å²) >= 11 is 1.56. The highest BCUT2D eigenvalue weighted by Gasteiger charge is 2.44. The Balaban J connectivity index is 1.81. The van der Waals surface area contributed by atoms with Gasteiger partial charge in [-0.15, -0.1) is 11.3 Å². The van der Waals surface area contributed by atoms with Gasteiger partial charge in [0, 0.05) is 17.7 Å². The number of aromatic nitrogens is 1. The van der Waals surface area contributed by atoms with Crippen LogP contribution in [0.15, 0.2) is 11.0 Å². The van der Waals surface area contributed by atoms with Crippen LogP contribution in [0.25, 0.3) is 6.08 Å². The molecule has 34 heavy (non-hydrogen) atoms. The molecule has 3 heterocycles. The number of hydrogen-bond donors (Lipinski definition) is 2. The Bertz CT molecular complexity index is 909. The van der Waals surface area contributed by atoms with E-state index in [1.807, 2.05) is 32.2 Å². The second-order valence-electron chi connectivity index (χ2n) is 10.6. The first kappa shape index (κ1) is 27.0. The minimum atomic E-state index is -1.22. The summed E-state index contributed by atoms with van der Waals surface area (Å²) in [4.78, 5) is 30.5. The maximum Gasteiger partial charge on any atom is 0.309 e. The number of thiazole rings is 1. The molecule has 2 saturated heterocycles. The van der Waals surface area contributed by atoms with Crippen molar-refractivity contribution in [2.75, 3.05) is 0 Å². The summed E-state index contributed by atoms with van der Waals surface area (Å²) in [5.74, 6) is -1.52. The topological polar surface area (TPSA) is 109 Å². The number of carbonyl (C=O) groups is 2. The van der Waals surface area contributed by atoms with Crippen LogP contribution in [0.4, 0.5) is 0 Å². The van der Waals surface area contributed by atoms with Crippen LogP contribution in [-0.2, 0) is 19.1 Å². The van der Waals surface area contributed by atoms with Crippen LogP contribution in [-0.4, -0.2) is 57.5 Å². The van der Waals surface area contributed by atoms with Gasteiger partial charge >= 0.3 is 5.97 Å².